The number of hydrogen-bond donors (Lipinski definition) is 0. The molecule has 0 saturated heterocycles. The van der Waals surface area contributed by atoms with Gasteiger partial charge in [-0.3, -0.25) is 0 Å². The Bertz CT molecular complexity index is 564. The van der Waals surface area contributed by atoms with E-state index < -0.39 is 17.6 Å². The first-order chi connectivity index (χ1) is 8.38. The lowest BCUT2D eigenvalue weighted by Crippen LogP contribution is -2.11. The molecule has 0 atom stereocenters. The van der Waals surface area contributed by atoms with Crippen molar-refractivity contribution in [1.29, 1.82) is 0 Å². The number of rotatable bonds is 2. The van der Waals surface area contributed by atoms with Crippen LogP contribution in [0.25, 0.3) is 0 Å². The quantitative estimate of drug-likeness (QED) is 0.794. The SMILES string of the molecule is Fc1c(Cn2cnc(Br)n2)cccc1C(F)(F)F. The Balaban J connectivity index is 2.35. The Morgan fingerprint density at radius 2 is 2.00 bits per heavy atom. The fourth-order valence-electron chi connectivity index (χ4n) is 1.44. The highest BCUT2D eigenvalue weighted by Crippen LogP contribution is 2.32. The van der Waals surface area contributed by atoms with Gasteiger partial charge in [-0.25, -0.2) is 14.1 Å². The summed E-state index contributed by atoms with van der Waals surface area (Å²) in [4.78, 5) is 3.74. The highest BCUT2D eigenvalue weighted by Gasteiger charge is 2.34. The first-order valence-electron chi connectivity index (χ1n) is 4.77. The predicted octanol–water partition coefficient (Wildman–Crippen LogP) is 3.25. The highest BCUT2D eigenvalue weighted by molar-refractivity contribution is 9.10. The molecular formula is C10H6BrF4N3. The molecule has 0 fully saturated rings. The van der Waals surface area contributed by atoms with Crippen LogP contribution in [0.2, 0.25) is 0 Å². The number of benzene rings is 1. The minimum Gasteiger partial charge on any atom is -0.247 e. The van der Waals surface area contributed by atoms with Crippen molar-refractivity contribution in [2.75, 3.05) is 0 Å². The van der Waals surface area contributed by atoms with Crippen LogP contribution in [-0.2, 0) is 12.7 Å². The van der Waals surface area contributed by atoms with Crippen LogP contribution in [0.15, 0.2) is 29.3 Å². The third-order valence-electron chi connectivity index (χ3n) is 2.22. The van der Waals surface area contributed by atoms with E-state index in [-0.39, 0.29) is 16.8 Å². The lowest BCUT2D eigenvalue weighted by Gasteiger charge is -2.10. The maximum atomic E-state index is 13.7. The van der Waals surface area contributed by atoms with E-state index in [4.69, 9.17) is 0 Å². The Morgan fingerprint density at radius 3 is 2.56 bits per heavy atom. The van der Waals surface area contributed by atoms with Crippen LogP contribution >= 0.6 is 15.9 Å². The van der Waals surface area contributed by atoms with Crippen LogP contribution in [0.4, 0.5) is 17.6 Å². The molecule has 0 saturated carbocycles. The summed E-state index contributed by atoms with van der Waals surface area (Å²) in [5, 5.41) is 3.81. The molecule has 0 aliphatic heterocycles. The van der Waals surface area contributed by atoms with Crippen molar-refractivity contribution < 1.29 is 17.6 Å². The second-order valence-electron chi connectivity index (χ2n) is 3.49. The molecule has 0 amide bonds. The maximum absolute atomic E-state index is 13.7. The number of hydrogen-bond acceptors (Lipinski definition) is 2. The van der Waals surface area contributed by atoms with Crippen molar-refractivity contribution in [2.45, 2.75) is 12.7 Å². The van der Waals surface area contributed by atoms with Crippen LogP contribution in [0.3, 0.4) is 0 Å². The van der Waals surface area contributed by atoms with Gasteiger partial charge in [-0.05, 0) is 22.0 Å². The number of nitrogens with zero attached hydrogens (tertiary/aromatic N) is 3. The van der Waals surface area contributed by atoms with E-state index in [1.807, 2.05) is 0 Å². The molecule has 0 bridgehead atoms. The van der Waals surface area contributed by atoms with Gasteiger partial charge in [0.1, 0.15) is 12.1 Å². The van der Waals surface area contributed by atoms with Gasteiger partial charge >= 0.3 is 6.18 Å². The van der Waals surface area contributed by atoms with Crippen molar-refractivity contribution in [3.8, 4) is 0 Å². The molecule has 8 heteroatoms. The number of aromatic nitrogens is 3. The molecule has 0 spiro atoms. The van der Waals surface area contributed by atoms with Crippen molar-refractivity contribution >= 4 is 15.9 Å². The van der Waals surface area contributed by atoms with E-state index >= 15 is 0 Å². The molecule has 0 radical (unpaired) electrons. The van der Waals surface area contributed by atoms with E-state index in [1.54, 1.807) is 0 Å². The summed E-state index contributed by atoms with van der Waals surface area (Å²) in [7, 11) is 0. The molecule has 1 heterocycles. The van der Waals surface area contributed by atoms with Gasteiger partial charge in [0.05, 0.1) is 12.1 Å². The molecule has 96 valence electrons. The molecule has 0 N–H and O–H groups in total. The third kappa shape index (κ3) is 2.69. The Hall–Kier alpha value is -1.44. The van der Waals surface area contributed by atoms with Crippen molar-refractivity contribution in [1.82, 2.24) is 14.8 Å². The average Bonchev–Trinajstić information content (AvgIpc) is 2.65. The molecule has 0 aliphatic carbocycles. The molecule has 1 aromatic carbocycles. The van der Waals surface area contributed by atoms with Crippen LogP contribution in [0.1, 0.15) is 11.1 Å². The average molecular weight is 324 g/mol. The molecule has 0 unspecified atom stereocenters. The van der Waals surface area contributed by atoms with Crippen LogP contribution < -0.4 is 0 Å². The fraction of sp³-hybridized carbons (Fsp3) is 0.200. The third-order valence-corrected chi connectivity index (χ3v) is 2.59. The van der Waals surface area contributed by atoms with Gasteiger partial charge < -0.3 is 0 Å². The molecule has 1 aromatic heterocycles. The second kappa shape index (κ2) is 4.68. The van der Waals surface area contributed by atoms with Gasteiger partial charge in [0, 0.05) is 5.56 Å². The first-order valence-corrected chi connectivity index (χ1v) is 5.57. The summed E-state index contributed by atoms with van der Waals surface area (Å²) in [6, 6.07) is 3.14. The van der Waals surface area contributed by atoms with E-state index in [0.29, 0.717) is 6.07 Å². The van der Waals surface area contributed by atoms with Crippen molar-refractivity contribution in [2.24, 2.45) is 0 Å². The van der Waals surface area contributed by atoms with Crippen molar-refractivity contribution in [3.05, 3.63) is 46.2 Å². The zero-order valence-corrected chi connectivity index (χ0v) is 10.3. The summed E-state index contributed by atoms with van der Waals surface area (Å²) < 4.78 is 52.7. The van der Waals surface area contributed by atoms with Crippen LogP contribution in [0.5, 0.6) is 0 Å². The smallest absolute Gasteiger partial charge is 0.247 e. The monoisotopic (exact) mass is 323 g/mol. The lowest BCUT2D eigenvalue weighted by molar-refractivity contribution is -0.140. The van der Waals surface area contributed by atoms with Crippen molar-refractivity contribution in [3.63, 3.8) is 0 Å². The van der Waals surface area contributed by atoms with Gasteiger partial charge in [0.25, 0.3) is 0 Å². The summed E-state index contributed by atoms with van der Waals surface area (Å²) in [5.74, 6) is -1.28. The Morgan fingerprint density at radius 1 is 1.28 bits per heavy atom. The van der Waals surface area contributed by atoms with E-state index in [1.165, 1.54) is 17.1 Å². The molecule has 2 rings (SSSR count). The largest absolute Gasteiger partial charge is 0.419 e. The summed E-state index contributed by atoms with van der Waals surface area (Å²) in [5.41, 5.74) is -1.37. The van der Waals surface area contributed by atoms with Gasteiger partial charge in [0.2, 0.25) is 4.73 Å². The van der Waals surface area contributed by atoms with E-state index in [9.17, 15) is 17.6 Å². The second-order valence-corrected chi connectivity index (χ2v) is 4.20. The standard InChI is InChI=1S/C10H6BrF4N3/c11-9-16-5-18(17-9)4-6-2-1-3-7(8(6)12)10(13,14)15/h1-3,5H,4H2. The molecule has 0 aliphatic rings. The summed E-state index contributed by atoms with van der Waals surface area (Å²) in [6.45, 7) is -0.117. The normalized spacial score (nSPS) is 11.8. The first kappa shape index (κ1) is 13.0. The van der Waals surface area contributed by atoms with Gasteiger partial charge in [-0.15, -0.1) is 5.10 Å². The molecule has 18 heavy (non-hydrogen) atoms. The van der Waals surface area contributed by atoms with E-state index in [0.717, 1.165) is 6.07 Å². The lowest BCUT2D eigenvalue weighted by atomic mass is 10.1. The zero-order valence-electron chi connectivity index (χ0n) is 8.75. The number of alkyl halides is 3. The van der Waals surface area contributed by atoms with Gasteiger partial charge in [-0.1, -0.05) is 12.1 Å². The van der Waals surface area contributed by atoms with Crippen LogP contribution in [-0.4, -0.2) is 14.8 Å². The maximum Gasteiger partial charge on any atom is 0.419 e. The molecular weight excluding hydrogens is 318 g/mol. The van der Waals surface area contributed by atoms with Gasteiger partial charge in [0.15, 0.2) is 0 Å². The van der Waals surface area contributed by atoms with Crippen LogP contribution in [0, 0.1) is 5.82 Å². The predicted molar refractivity (Wildman–Crippen MR) is 58.2 cm³/mol. The minimum atomic E-state index is -4.71. The molecule has 2 aromatic rings. The minimum absolute atomic E-state index is 0.0952. The summed E-state index contributed by atoms with van der Waals surface area (Å²) in [6.07, 6.45) is -3.41. The zero-order chi connectivity index (χ0) is 13.3. The molecule has 3 nitrogen and oxygen atoms in total. The fourth-order valence-corrected chi connectivity index (χ4v) is 1.74. The Kier molecular flexibility index (Phi) is 3.38. The topological polar surface area (TPSA) is 30.7 Å². The van der Waals surface area contributed by atoms with E-state index in [2.05, 4.69) is 26.0 Å². The number of halogens is 5. The van der Waals surface area contributed by atoms with Gasteiger partial charge in [-0.2, -0.15) is 13.2 Å². The summed E-state index contributed by atoms with van der Waals surface area (Å²) >= 11 is 2.99. The Labute approximate surface area is 108 Å². The highest BCUT2D eigenvalue weighted by atomic mass is 79.9.